The van der Waals surface area contributed by atoms with E-state index < -0.39 is 0 Å². The number of nitrogens with zero attached hydrogens (tertiary/aromatic N) is 3. The molecular formula is C19H22N4O3S. The van der Waals surface area contributed by atoms with Gasteiger partial charge in [0, 0.05) is 6.54 Å². The molecule has 0 radical (unpaired) electrons. The monoisotopic (exact) mass is 386 g/mol. The van der Waals surface area contributed by atoms with Gasteiger partial charge >= 0.3 is 0 Å². The fraction of sp³-hybridized carbons (Fsp3) is 0.368. The van der Waals surface area contributed by atoms with Gasteiger partial charge in [-0.25, -0.2) is 9.97 Å². The van der Waals surface area contributed by atoms with Crippen molar-refractivity contribution in [3.63, 3.8) is 0 Å². The quantitative estimate of drug-likeness (QED) is 0.550. The Morgan fingerprint density at radius 1 is 1.22 bits per heavy atom. The van der Waals surface area contributed by atoms with Crippen molar-refractivity contribution in [1.82, 2.24) is 15.3 Å². The van der Waals surface area contributed by atoms with Crippen LogP contribution in [0.25, 0.3) is 0 Å². The molecule has 1 aromatic carbocycles. The number of nitrogens with one attached hydrogen (secondary N) is 1. The number of ether oxygens (including phenoxy) is 2. The van der Waals surface area contributed by atoms with Crippen molar-refractivity contribution < 1.29 is 14.3 Å². The minimum absolute atomic E-state index is 0.113. The normalized spacial score (nSPS) is 10.2. The van der Waals surface area contributed by atoms with E-state index in [1.807, 2.05) is 18.2 Å². The molecule has 0 saturated carbocycles. The Bertz CT molecular complexity index is 865. The van der Waals surface area contributed by atoms with Crippen molar-refractivity contribution in [2.24, 2.45) is 0 Å². The molecule has 27 heavy (non-hydrogen) atoms. The Balaban J connectivity index is 1.86. The molecule has 1 aromatic heterocycles. The lowest BCUT2D eigenvalue weighted by atomic mass is 10.1. The summed E-state index contributed by atoms with van der Waals surface area (Å²) in [5, 5.41) is 12.7. The van der Waals surface area contributed by atoms with E-state index in [4.69, 9.17) is 9.47 Å². The lowest BCUT2D eigenvalue weighted by molar-refractivity contribution is -0.118. The summed E-state index contributed by atoms with van der Waals surface area (Å²) in [4.78, 5) is 20.5. The van der Waals surface area contributed by atoms with Crippen molar-refractivity contribution in [2.45, 2.75) is 25.3 Å². The van der Waals surface area contributed by atoms with Crippen LogP contribution in [0.4, 0.5) is 0 Å². The molecule has 8 heteroatoms. The van der Waals surface area contributed by atoms with Gasteiger partial charge in [0.2, 0.25) is 5.91 Å². The van der Waals surface area contributed by atoms with Crippen molar-refractivity contribution in [1.29, 1.82) is 5.26 Å². The molecule has 2 aromatic rings. The minimum Gasteiger partial charge on any atom is -0.493 e. The second-order valence-corrected chi connectivity index (χ2v) is 6.69. The van der Waals surface area contributed by atoms with Gasteiger partial charge in [-0.2, -0.15) is 5.26 Å². The molecule has 0 saturated heterocycles. The minimum atomic E-state index is -0.113. The number of carbonyl (C=O) groups excluding carboxylic acids is 1. The summed E-state index contributed by atoms with van der Waals surface area (Å²) in [5.74, 6) is 2.00. The van der Waals surface area contributed by atoms with E-state index >= 15 is 0 Å². The molecule has 0 atom stereocenters. The lowest BCUT2D eigenvalue weighted by Crippen LogP contribution is -2.27. The third kappa shape index (κ3) is 5.59. The highest BCUT2D eigenvalue weighted by Gasteiger charge is 2.12. The number of aromatic nitrogens is 2. The maximum absolute atomic E-state index is 12.1. The van der Waals surface area contributed by atoms with Gasteiger partial charge in [-0.1, -0.05) is 17.8 Å². The number of hydrogen-bond donors (Lipinski definition) is 1. The molecule has 0 bridgehead atoms. The van der Waals surface area contributed by atoms with E-state index in [2.05, 4.69) is 21.4 Å². The standard InChI is InChI=1S/C19H22N4O3S/c1-12-15(10-20)19(23-13(2)22-12)27-11-18(24)21-8-7-14-5-6-16(25-3)17(9-14)26-4/h5-6,9H,7-8,11H2,1-4H3,(H,21,24). The van der Waals surface area contributed by atoms with Gasteiger partial charge in [0.1, 0.15) is 22.5 Å². The van der Waals surface area contributed by atoms with Crippen LogP contribution >= 0.6 is 11.8 Å². The Morgan fingerprint density at radius 2 is 1.96 bits per heavy atom. The molecule has 0 unspecified atom stereocenters. The topological polar surface area (TPSA) is 97.1 Å². The van der Waals surface area contributed by atoms with E-state index in [0.717, 1.165) is 5.56 Å². The summed E-state index contributed by atoms with van der Waals surface area (Å²) in [6.45, 7) is 4.03. The molecule has 7 nitrogen and oxygen atoms in total. The third-order valence-electron chi connectivity index (χ3n) is 3.80. The maximum Gasteiger partial charge on any atom is 0.230 e. The fourth-order valence-electron chi connectivity index (χ4n) is 2.48. The largest absolute Gasteiger partial charge is 0.493 e. The number of thioether (sulfide) groups is 1. The van der Waals surface area contributed by atoms with Gasteiger partial charge in [-0.05, 0) is 38.0 Å². The number of carbonyl (C=O) groups is 1. The summed E-state index contributed by atoms with van der Waals surface area (Å²) in [6.07, 6.45) is 0.673. The van der Waals surface area contributed by atoms with E-state index in [0.29, 0.717) is 46.6 Å². The van der Waals surface area contributed by atoms with Crippen LogP contribution in [0.15, 0.2) is 23.2 Å². The van der Waals surface area contributed by atoms with Crippen LogP contribution in [0.5, 0.6) is 11.5 Å². The highest BCUT2D eigenvalue weighted by molar-refractivity contribution is 8.00. The number of amides is 1. The average Bonchev–Trinajstić information content (AvgIpc) is 2.65. The first-order valence-electron chi connectivity index (χ1n) is 8.34. The molecule has 0 spiro atoms. The summed E-state index contributed by atoms with van der Waals surface area (Å²) in [6, 6.07) is 7.77. The summed E-state index contributed by atoms with van der Waals surface area (Å²) in [7, 11) is 3.18. The molecule has 0 aliphatic heterocycles. The second kappa shape index (κ2) is 9.78. The zero-order valence-electron chi connectivity index (χ0n) is 15.8. The Morgan fingerprint density at radius 3 is 2.63 bits per heavy atom. The van der Waals surface area contributed by atoms with E-state index in [1.54, 1.807) is 28.1 Å². The second-order valence-electron chi connectivity index (χ2n) is 5.73. The molecule has 0 aliphatic rings. The zero-order chi connectivity index (χ0) is 19.8. The molecule has 1 heterocycles. The highest BCUT2D eigenvalue weighted by atomic mass is 32.2. The van der Waals surface area contributed by atoms with Crippen molar-refractivity contribution in [3.8, 4) is 17.6 Å². The molecule has 142 valence electrons. The van der Waals surface area contributed by atoms with E-state index in [-0.39, 0.29) is 11.7 Å². The Kier molecular flexibility index (Phi) is 7.44. The maximum atomic E-state index is 12.1. The molecule has 2 rings (SSSR count). The fourth-order valence-corrected chi connectivity index (χ4v) is 3.39. The van der Waals surface area contributed by atoms with Gasteiger partial charge in [-0.3, -0.25) is 4.79 Å². The summed E-state index contributed by atoms with van der Waals surface area (Å²) < 4.78 is 10.5. The van der Waals surface area contributed by atoms with Gasteiger partial charge in [-0.15, -0.1) is 0 Å². The Hall–Kier alpha value is -2.79. The molecule has 0 fully saturated rings. The SMILES string of the molecule is COc1ccc(CCNC(=O)CSc2nc(C)nc(C)c2C#N)cc1OC. The van der Waals surface area contributed by atoms with Gasteiger partial charge < -0.3 is 14.8 Å². The third-order valence-corrected chi connectivity index (χ3v) is 4.78. The predicted octanol–water partition coefficient (Wildman–Crippen LogP) is 2.43. The van der Waals surface area contributed by atoms with Crippen LogP contribution < -0.4 is 14.8 Å². The van der Waals surface area contributed by atoms with Gasteiger partial charge in [0.05, 0.1) is 25.7 Å². The van der Waals surface area contributed by atoms with E-state index in [1.165, 1.54) is 11.8 Å². The zero-order valence-corrected chi connectivity index (χ0v) is 16.6. The van der Waals surface area contributed by atoms with Crippen molar-refractivity contribution >= 4 is 17.7 Å². The first-order chi connectivity index (χ1) is 13.0. The van der Waals surface area contributed by atoms with E-state index in [9.17, 15) is 10.1 Å². The van der Waals surface area contributed by atoms with Gasteiger partial charge in [0.25, 0.3) is 0 Å². The first-order valence-corrected chi connectivity index (χ1v) is 9.32. The van der Waals surface area contributed by atoms with Crippen LogP contribution in [-0.2, 0) is 11.2 Å². The van der Waals surface area contributed by atoms with Crippen LogP contribution in [0, 0.1) is 25.2 Å². The highest BCUT2D eigenvalue weighted by Crippen LogP contribution is 2.27. The number of nitriles is 1. The van der Waals surface area contributed by atoms with Crippen LogP contribution in [0.1, 0.15) is 22.6 Å². The number of benzene rings is 1. The van der Waals surface area contributed by atoms with Crippen LogP contribution in [0.3, 0.4) is 0 Å². The first kappa shape index (κ1) is 20.5. The molecular weight excluding hydrogens is 364 g/mol. The summed E-state index contributed by atoms with van der Waals surface area (Å²) >= 11 is 1.24. The average molecular weight is 386 g/mol. The number of aryl methyl sites for hydroxylation is 2. The smallest absolute Gasteiger partial charge is 0.230 e. The van der Waals surface area contributed by atoms with Crippen molar-refractivity contribution in [3.05, 3.63) is 40.8 Å². The lowest BCUT2D eigenvalue weighted by Gasteiger charge is -2.10. The molecule has 1 amide bonds. The van der Waals surface area contributed by atoms with Crippen molar-refractivity contribution in [2.75, 3.05) is 26.5 Å². The summed E-state index contributed by atoms with van der Waals surface area (Å²) in [5.41, 5.74) is 2.08. The predicted molar refractivity (Wildman–Crippen MR) is 103 cm³/mol. The van der Waals surface area contributed by atoms with Crippen LogP contribution in [0.2, 0.25) is 0 Å². The van der Waals surface area contributed by atoms with Crippen LogP contribution in [-0.4, -0.2) is 42.4 Å². The number of methoxy groups -OCH3 is 2. The van der Waals surface area contributed by atoms with Gasteiger partial charge in [0.15, 0.2) is 11.5 Å². The Labute approximate surface area is 163 Å². The molecule has 0 aliphatic carbocycles. The number of rotatable bonds is 8. The molecule has 1 N–H and O–H groups in total. The number of hydrogen-bond acceptors (Lipinski definition) is 7.